The van der Waals surface area contributed by atoms with Gasteiger partial charge in [-0.2, -0.15) is 0 Å². The largest absolute Gasteiger partial charge is 0.493 e. The fourth-order valence-corrected chi connectivity index (χ4v) is 2.38. The highest BCUT2D eigenvalue weighted by molar-refractivity contribution is 5.87. The molecule has 1 atom stereocenters. The number of carbonyl (C=O) groups excluding carboxylic acids is 1. The molecule has 0 bridgehead atoms. The van der Waals surface area contributed by atoms with Gasteiger partial charge in [0.25, 0.3) is 0 Å². The SMILES string of the molecule is CCOc1cc(CNC(=O)C(C)(N)c2ccccc2)ccc1OC.Cl. The van der Waals surface area contributed by atoms with E-state index in [9.17, 15) is 4.79 Å². The summed E-state index contributed by atoms with van der Waals surface area (Å²) in [5.41, 5.74) is 6.81. The van der Waals surface area contributed by atoms with Gasteiger partial charge in [-0.1, -0.05) is 36.4 Å². The Morgan fingerprint density at radius 1 is 1.16 bits per heavy atom. The van der Waals surface area contributed by atoms with Gasteiger partial charge < -0.3 is 20.5 Å². The monoisotopic (exact) mass is 364 g/mol. The van der Waals surface area contributed by atoms with Crippen LogP contribution in [-0.4, -0.2) is 19.6 Å². The van der Waals surface area contributed by atoms with E-state index in [1.165, 1.54) is 0 Å². The molecule has 1 amide bonds. The zero-order valence-corrected chi connectivity index (χ0v) is 15.6. The minimum atomic E-state index is -1.09. The first-order chi connectivity index (χ1) is 11.5. The summed E-state index contributed by atoms with van der Waals surface area (Å²) in [6, 6.07) is 14.9. The number of hydrogen-bond acceptors (Lipinski definition) is 4. The van der Waals surface area contributed by atoms with Crippen molar-refractivity contribution in [1.29, 1.82) is 0 Å². The number of hydrogen-bond donors (Lipinski definition) is 2. The molecule has 0 saturated carbocycles. The van der Waals surface area contributed by atoms with E-state index in [4.69, 9.17) is 15.2 Å². The highest BCUT2D eigenvalue weighted by Gasteiger charge is 2.29. The molecule has 5 nitrogen and oxygen atoms in total. The van der Waals surface area contributed by atoms with Crippen LogP contribution in [0.5, 0.6) is 11.5 Å². The van der Waals surface area contributed by atoms with Gasteiger partial charge in [-0.15, -0.1) is 12.4 Å². The van der Waals surface area contributed by atoms with Crippen molar-refractivity contribution in [3.05, 3.63) is 59.7 Å². The van der Waals surface area contributed by atoms with E-state index in [2.05, 4.69) is 5.32 Å². The zero-order chi connectivity index (χ0) is 17.6. The van der Waals surface area contributed by atoms with Gasteiger partial charge in [0.05, 0.1) is 13.7 Å². The van der Waals surface area contributed by atoms with Crippen LogP contribution >= 0.6 is 12.4 Å². The van der Waals surface area contributed by atoms with Crippen molar-refractivity contribution in [2.75, 3.05) is 13.7 Å². The lowest BCUT2D eigenvalue weighted by Gasteiger charge is -2.24. The Labute approximate surface area is 154 Å². The third-order valence-electron chi connectivity index (χ3n) is 3.83. The number of ether oxygens (including phenoxy) is 2. The molecular formula is C19H25ClN2O3. The topological polar surface area (TPSA) is 73.6 Å². The van der Waals surface area contributed by atoms with Gasteiger partial charge >= 0.3 is 0 Å². The molecule has 1 unspecified atom stereocenters. The number of benzene rings is 2. The molecule has 0 aliphatic carbocycles. The summed E-state index contributed by atoms with van der Waals surface area (Å²) in [5.74, 6) is 1.09. The van der Waals surface area contributed by atoms with Crippen LogP contribution in [0.1, 0.15) is 25.0 Å². The van der Waals surface area contributed by atoms with E-state index in [1.54, 1.807) is 14.0 Å². The van der Waals surface area contributed by atoms with Gasteiger partial charge in [-0.05, 0) is 37.1 Å². The standard InChI is InChI=1S/C19H24N2O3.ClH/c1-4-24-17-12-14(10-11-16(17)23-3)13-21-18(22)19(2,20)15-8-6-5-7-9-15;/h5-12H,4,13,20H2,1-3H3,(H,21,22);1H. The second-order valence-corrected chi connectivity index (χ2v) is 5.67. The van der Waals surface area contributed by atoms with Crippen LogP contribution in [-0.2, 0) is 16.9 Å². The molecule has 0 aromatic heterocycles. The van der Waals surface area contributed by atoms with E-state index in [0.717, 1.165) is 11.1 Å². The lowest BCUT2D eigenvalue weighted by atomic mass is 9.92. The molecule has 6 heteroatoms. The Balaban J connectivity index is 0.00000312. The number of nitrogens with one attached hydrogen (secondary N) is 1. The van der Waals surface area contributed by atoms with Crippen molar-refractivity contribution in [1.82, 2.24) is 5.32 Å². The molecule has 0 aliphatic heterocycles. The number of carbonyl (C=O) groups is 1. The van der Waals surface area contributed by atoms with E-state index >= 15 is 0 Å². The van der Waals surface area contributed by atoms with E-state index in [0.29, 0.717) is 24.7 Å². The summed E-state index contributed by atoms with van der Waals surface area (Å²) in [4.78, 5) is 12.5. The molecular weight excluding hydrogens is 340 g/mol. The summed E-state index contributed by atoms with van der Waals surface area (Å²) < 4.78 is 10.8. The van der Waals surface area contributed by atoms with Crippen molar-refractivity contribution in [2.45, 2.75) is 25.9 Å². The van der Waals surface area contributed by atoms with E-state index in [-0.39, 0.29) is 18.3 Å². The van der Waals surface area contributed by atoms with Crippen molar-refractivity contribution >= 4 is 18.3 Å². The summed E-state index contributed by atoms with van der Waals surface area (Å²) in [5, 5.41) is 2.88. The van der Waals surface area contributed by atoms with Crippen molar-refractivity contribution in [3.63, 3.8) is 0 Å². The first kappa shape index (κ1) is 20.8. The quantitative estimate of drug-likeness (QED) is 0.792. The highest BCUT2D eigenvalue weighted by atomic mass is 35.5. The Bertz CT molecular complexity index is 690. The van der Waals surface area contributed by atoms with Crippen LogP contribution in [0, 0.1) is 0 Å². The lowest BCUT2D eigenvalue weighted by molar-refractivity contribution is -0.126. The molecule has 0 radical (unpaired) electrons. The number of amides is 1. The van der Waals surface area contributed by atoms with Crippen LogP contribution in [0.2, 0.25) is 0 Å². The third kappa shape index (κ3) is 5.11. The fourth-order valence-electron chi connectivity index (χ4n) is 2.38. The molecule has 0 fully saturated rings. The van der Waals surface area contributed by atoms with Crippen LogP contribution in [0.15, 0.2) is 48.5 Å². The average Bonchev–Trinajstić information content (AvgIpc) is 2.60. The lowest BCUT2D eigenvalue weighted by Crippen LogP contribution is -2.48. The minimum absolute atomic E-state index is 0. The Hall–Kier alpha value is -2.24. The maximum atomic E-state index is 12.5. The second kappa shape index (κ2) is 9.30. The molecule has 2 aromatic carbocycles. The van der Waals surface area contributed by atoms with E-state index < -0.39 is 5.54 Å². The molecule has 0 saturated heterocycles. The first-order valence-corrected chi connectivity index (χ1v) is 7.91. The summed E-state index contributed by atoms with van der Waals surface area (Å²) in [7, 11) is 1.60. The highest BCUT2D eigenvalue weighted by Crippen LogP contribution is 2.28. The first-order valence-electron chi connectivity index (χ1n) is 7.91. The van der Waals surface area contributed by atoms with Crippen LogP contribution < -0.4 is 20.5 Å². The molecule has 2 rings (SSSR count). The summed E-state index contributed by atoms with van der Waals surface area (Å²) >= 11 is 0. The number of rotatable bonds is 7. The predicted octanol–water partition coefficient (Wildman–Crippen LogP) is 3.01. The normalized spacial score (nSPS) is 12.5. The predicted molar refractivity (Wildman–Crippen MR) is 101 cm³/mol. The van der Waals surface area contributed by atoms with Crippen LogP contribution in [0.25, 0.3) is 0 Å². The molecule has 0 spiro atoms. The maximum Gasteiger partial charge on any atom is 0.244 e. The number of methoxy groups -OCH3 is 1. The Morgan fingerprint density at radius 2 is 1.84 bits per heavy atom. The molecule has 136 valence electrons. The van der Waals surface area contributed by atoms with E-state index in [1.807, 2.05) is 55.5 Å². The summed E-state index contributed by atoms with van der Waals surface area (Å²) in [6.07, 6.45) is 0. The number of halogens is 1. The van der Waals surface area contributed by atoms with Crippen LogP contribution in [0.4, 0.5) is 0 Å². The third-order valence-corrected chi connectivity index (χ3v) is 3.83. The molecule has 25 heavy (non-hydrogen) atoms. The van der Waals surface area contributed by atoms with Crippen molar-refractivity contribution < 1.29 is 14.3 Å². The Kier molecular flexibility index (Phi) is 7.74. The van der Waals surface area contributed by atoms with Gasteiger partial charge in [-0.25, -0.2) is 0 Å². The second-order valence-electron chi connectivity index (χ2n) is 5.67. The fraction of sp³-hybridized carbons (Fsp3) is 0.316. The van der Waals surface area contributed by atoms with Crippen LogP contribution in [0.3, 0.4) is 0 Å². The molecule has 0 heterocycles. The minimum Gasteiger partial charge on any atom is -0.493 e. The number of nitrogens with two attached hydrogens (primary N) is 1. The maximum absolute atomic E-state index is 12.5. The Morgan fingerprint density at radius 3 is 2.44 bits per heavy atom. The van der Waals surface area contributed by atoms with Crippen molar-refractivity contribution in [2.24, 2.45) is 5.73 Å². The van der Waals surface area contributed by atoms with Gasteiger partial charge in [0, 0.05) is 6.54 Å². The molecule has 3 N–H and O–H groups in total. The van der Waals surface area contributed by atoms with Gasteiger partial charge in [0.1, 0.15) is 5.54 Å². The smallest absolute Gasteiger partial charge is 0.244 e. The summed E-state index contributed by atoms with van der Waals surface area (Å²) in [6.45, 7) is 4.52. The van der Waals surface area contributed by atoms with Gasteiger partial charge in [-0.3, -0.25) is 4.79 Å². The van der Waals surface area contributed by atoms with Crippen molar-refractivity contribution in [3.8, 4) is 11.5 Å². The zero-order valence-electron chi connectivity index (χ0n) is 14.7. The molecule has 0 aliphatic rings. The molecule has 2 aromatic rings. The van der Waals surface area contributed by atoms with Gasteiger partial charge in [0.15, 0.2) is 11.5 Å². The van der Waals surface area contributed by atoms with Gasteiger partial charge in [0.2, 0.25) is 5.91 Å². The average molecular weight is 365 g/mol.